The first kappa shape index (κ1) is 27.7. The molecule has 0 fully saturated rings. The number of ether oxygens (including phenoxy) is 4. The van der Waals surface area contributed by atoms with Crippen LogP contribution in [0.2, 0.25) is 5.02 Å². The zero-order chi connectivity index (χ0) is 26.8. The molecule has 0 aliphatic heterocycles. The monoisotopic (exact) mass is 525 g/mol. The maximum absolute atomic E-state index is 14.9. The maximum Gasteiger partial charge on any atom is 0.188 e. The number of aromatic nitrogens is 1. The van der Waals surface area contributed by atoms with Crippen LogP contribution >= 0.6 is 11.6 Å². The fourth-order valence-corrected chi connectivity index (χ4v) is 3.81. The highest BCUT2D eigenvalue weighted by molar-refractivity contribution is 6.30. The van der Waals surface area contributed by atoms with Crippen molar-refractivity contribution >= 4 is 29.2 Å². The van der Waals surface area contributed by atoms with Crippen molar-refractivity contribution in [3.05, 3.63) is 82.7 Å². The molecule has 0 unspecified atom stereocenters. The molecule has 3 rings (SSSR count). The van der Waals surface area contributed by atoms with E-state index in [1.165, 1.54) is 31.5 Å². The predicted octanol–water partition coefficient (Wildman–Crippen LogP) is 6.76. The highest BCUT2D eigenvalue weighted by atomic mass is 35.5. The van der Waals surface area contributed by atoms with Crippen LogP contribution in [-0.4, -0.2) is 39.3 Å². The van der Waals surface area contributed by atoms with Gasteiger partial charge in [-0.15, -0.1) is 0 Å². The third-order valence-electron chi connectivity index (χ3n) is 5.43. The average molecular weight is 526 g/mol. The van der Waals surface area contributed by atoms with Crippen LogP contribution in [0.3, 0.4) is 0 Å². The number of allylic oxidation sites excluding steroid dienone is 4. The van der Waals surface area contributed by atoms with Crippen LogP contribution in [0.1, 0.15) is 18.1 Å². The first-order valence-corrected chi connectivity index (χ1v) is 11.7. The largest absolute Gasteiger partial charge is 0.497 e. The minimum atomic E-state index is -0.465. The highest BCUT2D eigenvalue weighted by Gasteiger charge is 2.20. The maximum atomic E-state index is 14.9. The molecule has 2 N–H and O–H groups in total. The number of nitrogens with one attached hydrogen (secondary N) is 2. The molecule has 2 aromatic carbocycles. The Hall–Kier alpha value is -3.88. The van der Waals surface area contributed by atoms with Gasteiger partial charge in [0.25, 0.3) is 0 Å². The van der Waals surface area contributed by atoms with Gasteiger partial charge in [-0.25, -0.2) is 9.37 Å². The van der Waals surface area contributed by atoms with Crippen molar-refractivity contribution in [2.24, 2.45) is 0 Å². The van der Waals surface area contributed by atoms with Gasteiger partial charge in [0.1, 0.15) is 17.3 Å². The van der Waals surface area contributed by atoms with Crippen molar-refractivity contribution in [1.82, 2.24) is 4.98 Å². The molecule has 3 aromatic rings. The quantitative estimate of drug-likeness (QED) is 0.154. The number of halogens is 2. The van der Waals surface area contributed by atoms with Crippen LogP contribution in [0.4, 0.5) is 10.2 Å². The summed E-state index contributed by atoms with van der Waals surface area (Å²) in [5, 5.41) is 11.1. The summed E-state index contributed by atoms with van der Waals surface area (Å²) in [6, 6.07) is 11.5. The molecule has 0 aliphatic rings. The fraction of sp³-hybridized carbons (Fsp3) is 0.214. The molecule has 0 aliphatic carbocycles. The Morgan fingerprint density at radius 1 is 1.11 bits per heavy atom. The Balaban J connectivity index is 2.19. The standard InChI is InChI=1S/C28H29ClFN3O4/c1-5-18(7-6-12-31)22-15-25(23-13-20(29)9-11-24(23)30)33-28(27(22)37-17-34-2)32-16-19-8-10-21(35-3)14-26(19)36-4/h5-15,31H,16-17H2,1-4H3,(H,32,33)/b7-6-,18-5+,31-12?. The first-order chi connectivity index (χ1) is 17.9. The van der Waals surface area contributed by atoms with E-state index in [0.29, 0.717) is 45.9 Å². The minimum Gasteiger partial charge on any atom is -0.497 e. The van der Waals surface area contributed by atoms with E-state index in [4.69, 9.17) is 40.9 Å². The zero-order valence-electron chi connectivity index (χ0n) is 21.1. The van der Waals surface area contributed by atoms with E-state index in [1.807, 2.05) is 25.1 Å². The van der Waals surface area contributed by atoms with Crippen LogP contribution in [-0.2, 0) is 11.3 Å². The van der Waals surface area contributed by atoms with Crippen molar-refractivity contribution in [3.8, 4) is 28.5 Å². The van der Waals surface area contributed by atoms with Gasteiger partial charge in [-0.1, -0.05) is 23.8 Å². The summed E-state index contributed by atoms with van der Waals surface area (Å²) in [4.78, 5) is 4.71. The molecule has 7 nitrogen and oxygen atoms in total. The topological polar surface area (TPSA) is 85.7 Å². The molecular formula is C28H29ClFN3O4. The van der Waals surface area contributed by atoms with E-state index in [9.17, 15) is 4.39 Å². The van der Waals surface area contributed by atoms with E-state index in [1.54, 1.807) is 38.5 Å². The Morgan fingerprint density at radius 3 is 2.59 bits per heavy atom. The van der Waals surface area contributed by atoms with Crippen molar-refractivity contribution in [1.29, 1.82) is 5.41 Å². The van der Waals surface area contributed by atoms with E-state index >= 15 is 0 Å². The van der Waals surface area contributed by atoms with Gasteiger partial charge >= 0.3 is 0 Å². The molecule has 0 atom stereocenters. The van der Waals surface area contributed by atoms with Crippen molar-refractivity contribution in [3.63, 3.8) is 0 Å². The number of nitrogens with zero attached hydrogens (tertiary/aromatic N) is 1. The Morgan fingerprint density at radius 2 is 1.92 bits per heavy atom. The van der Waals surface area contributed by atoms with Gasteiger partial charge in [-0.05, 0) is 55.0 Å². The molecule has 0 bridgehead atoms. The molecule has 194 valence electrons. The van der Waals surface area contributed by atoms with Gasteiger partial charge in [0.2, 0.25) is 0 Å². The molecule has 0 radical (unpaired) electrons. The molecule has 0 amide bonds. The fourth-order valence-electron chi connectivity index (χ4n) is 3.63. The second kappa shape index (κ2) is 13.4. The summed E-state index contributed by atoms with van der Waals surface area (Å²) in [6.07, 6.45) is 6.39. The lowest BCUT2D eigenvalue weighted by Gasteiger charge is -2.19. The molecule has 1 aromatic heterocycles. The summed E-state index contributed by atoms with van der Waals surface area (Å²) < 4.78 is 36.8. The SMILES string of the molecule is C/C=C(\C=C/C=N)c1cc(-c2cc(Cl)ccc2F)nc(NCc2ccc(OC)cc2OC)c1OCOC. The summed E-state index contributed by atoms with van der Waals surface area (Å²) in [7, 11) is 4.69. The summed E-state index contributed by atoms with van der Waals surface area (Å²) >= 11 is 6.18. The van der Waals surface area contributed by atoms with Gasteiger partial charge in [-0.3, -0.25) is 0 Å². The lowest BCUT2D eigenvalue weighted by atomic mass is 10.0. The number of pyridine rings is 1. The van der Waals surface area contributed by atoms with Gasteiger partial charge < -0.3 is 29.7 Å². The molecule has 0 saturated carbocycles. The van der Waals surface area contributed by atoms with Crippen LogP contribution in [0.15, 0.2) is 60.7 Å². The molecule has 1 heterocycles. The van der Waals surface area contributed by atoms with Crippen molar-refractivity contribution in [2.45, 2.75) is 13.5 Å². The first-order valence-electron chi connectivity index (χ1n) is 11.4. The van der Waals surface area contributed by atoms with Gasteiger partial charge in [0, 0.05) is 47.6 Å². The number of hydrogen-bond acceptors (Lipinski definition) is 7. The number of benzene rings is 2. The Bertz CT molecular complexity index is 1310. The second-order valence-electron chi connectivity index (χ2n) is 7.71. The van der Waals surface area contributed by atoms with Gasteiger partial charge in [0.05, 0.1) is 19.9 Å². The van der Waals surface area contributed by atoms with Crippen LogP contribution in [0.25, 0.3) is 16.8 Å². The number of hydrogen-bond donors (Lipinski definition) is 2. The van der Waals surface area contributed by atoms with Crippen LogP contribution in [0.5, 0.6) is 17.2 Å². The van der Waals surface area contributed by atoms with E-state index in [2.05, 4.69) is 5.32 Å². The summed E-state index contributed by atoms with van der Waals surface area (Å²) in [6.45, 7) is 2.15. The lowest BCUT2D eigenvalue weighted by Crippen LogP contribution is -2.10. The van der Waals surface area contributed by atoms with E-state index in [-0.39, 0.29) is 12.4 Å². The number of rotatable bonds is 12. The van der Waals surface area contributed by atoms with Crippen molar-refractivity contribution in [2.75, 3.05) is 33.4 Å². The minimum absolute atomic E-state index is 0.0363. The summed E-state index contributed by atoms with van der Waals surface area (Å²) in [5.41, 5.74) is 2.81. The number of methoxy groups -OCH3 is 3. The van der Waals surface area contributed by atoms with Crippen LogP contribution < -0.4 is 19.5 Å². The Labute approximate surface area is 221 Å². The zero-order valence-corrected chi connectivity index (χ0v) is 21.9. The third kappa shape index (κ3) is 6.87. The molecular weight excluding hydrogens is 497 g/mol. The molecule has 9 heteroatoms. The summed E-state index contributed by atoms with van der Waals surface area (Å²) in [5.74, 6) is 1.60. The predicted molar refractivity (Wildman–Crippen MR) is 146 cm³/mol. The third-order valence-corrected chi connectivity index (χ3v) is 5.67. The smallest absolute Gasteiger partial charge is 0.188 e. The Kier molecular flexibility index (Phi) is 10.1. The molecule has 0 saturated heterocycles. The van der Waals surface area contributed by atoms with E-state index in [0.717, 1.165) is 11.1 Å². The van der Waals surface area contributed by atoms with E-state index < -0.39 is 5.82 Å². The second-order valence-corrected chi connectivity index (χ2v) is 8.15. The number of anilines is 1. The normalized spacial score (nSPS) is 11.5. The average Bonchev–Trinajstić information content (AvgIpc) is 2.92. The highest BCUT2D eigenvalue weighted by Crippen LogP contribution is 2.38. The van der Waals surface area contributed by atoms with Gasteiger partial charge in [-0.2, -0.15) is 0 Å². The lowest BCUT2D eigenvalue weighted by molar-refractivity contribution is 0.0512. The van der Waals surface area contributed by atoms with Gasteiger partial charge in [0.15, 0.2) is 18.4 Å². The molecule has 0 spiro atoms. The molecule has 37 heavy (non-hydrogen) atoms. The van der Waals surface area contributed by atoms with Crippen LogP contribution in [0, 0.1) is 11.2 Å². The van der Waals surface area contributed by atoms with Crippen molar-refractivity contribution < 1.29 is 23.3 Å².